The molecular formula is C17H30N4O2. The van der Waals surface area contributed by atoms with Crippen molar-refractivity contribution in [1.29, 1.82) is 0 Å². The minimum absolute atomic E-state index is 0.105. The van der Waals surface area contributed by atoms with Gasteiger partial charge in [0.25, 0.3) is 0 Å². The van der Waals surface area contributed by atoms with Gasteiger partial charge in [0.05, 0.1) is 19.3 Å². The van der Waals surface area contributed by atoms with Crippen molar-refractivity contribution in [1.82, 2.24) is 20.0 Å². The lowest BCUT2D eigenvalue weighted by atomic mass is 10.0. The standard InChI is InChI=1S/C17H30N4O2/c1-14(2)11-19-5-3-15(4-6-19)18-17(22)21-8-7-20-9-10-23-13-16(20)12-21/h15-16H,1,3-13H2,2H3,(H,18,22). The Morgan fingerprint density at radius 2 is 2.00 bits per heavy atom. The van der Waals surface area contributed by atoms with Crippen LogP contribution in [-0.4, -0.2) is 91.8 Å². The zero-order valence-electron chi connectivity index (χ0n) is 14.3. The number of hydrogen-bond acceptors (Lipinski definition) is 4. The van der Waals surface area contributed by atoms with Gasteiger partial charge >= 0.3 is 6.03 Å². The number of likely N-dealkylation sites (tertiary alicyclic amines) is 1. The third-order valence-electron chi connectivity index (χ3n) is 5.13. The first-order chi connectivity index (χ1) is 11.1. The number of carbonyl (C=O) groups excluding carboxylic acids is 1. The van der Waals surface area contributed by atoms with Crippen LogP contribution in [0.5, 0.6) is 0 Å². The molecule has 3 heterocycles. The lowest BCUT2D eigenvalue weighted by Gasteiger charge is -2.44. The van der Waals surface area contributed by atoms with Gasteiger partial charge in [0, 0.05) is 51.9 Å². The van der Waals surface area contributed by atoms with E-state index >= 15 is 0 Å². The largest absolute Gasteiger partial charge is 0.378 e. The highest BCUT2D eigenvalue weighted by molar-refractivity contribution is 5.74. The van der Waals surface area contributed by atoms with Gasteiger partial charge in [-0.1, -0.05) is 12.2 Å². The zero-order valence-corrected chi connectivity index (χ0v) is 14.3. The molecule has 1 N–H and O–H groups in total. The number of amides is 2. The van der Waals surface area contributed by atoms with Crippen LogP contribution in [0.2, 0.25) is 0 Å². The Kier molecular flexibility index (Phi) is 5.56. The fraction of sp³-hybridized carbons (Fsp3) is 0.824. The summed E-state index contributed by atoms with van der Waals surface area (Å²) < 4.78 is 5.55. The van der Waals surface area contributed by atoms with E-state index in [-0.39, 0.29) is 6.03 Å². The predicted molar refractivity (Wildman–Crippen MR) is 90.6 cm³/mol. The highest BCUT2D eigenvalue weighted by atomic mass is 16.5. The smallest absolute Gasteiger partial charge is 0.317 e. The number of urea groups is 1. The molecule has 0 radical (unpaired) electrons. The van der Waals surface area contributed by atoms with E-state index < -0.39 is 0 Å². The van der Waals surface area contributed by atoms with E-state index in [9.17, 15) is 4.79 Å². The molecule has 3 fully saturated rings. The molecule has 23 heavy (non-hydrogen) atoms. The van der Waals surface area contributed by atoms with E-state index in [1.54, 1.807) is 0 Å². The Hall–Kier alpha value is -1.11. The average Bonchev–Trinajstić information content (AvgIpc) is 2.55. The van der Waals surface area contributed by atoms with Crippen LogP contribution in [0, 0.1) is 0 Å². The van der Waals surface area contributed by atoms with Gasteiger partial charge in [-0.15, -0.1) is 0 Å². The van der Waals surface area contributed by atoms with Crippen LogP contribution >= 0.6 is 0 Å². The molecule has 0 aliphatic carbocycles. The van der Waals surface area contributed by atoms with Crippen LogP contribution < -0.4 is 5.32 Å². The first-order valence-corrected chi connectivity index (χ1v) is 8.86. The lowest BCUT2D eigenvalue weighted by molar-refractivity contribution is -0.0367. The highest BCUT2D eigenvalue weighted by Gasteiger charge is 2.32. The van der Waals surface area contributed by atoms with Crippen LogP contribution in [0.25, 0.3) is 0 Å². The van der Waals surface area contributed by atoms with Crippen molar-refractivity contribution < 1.29 is 9.53 Å². The first kappa shape index (κ1) is 16.7. The molecule has 0 aromatic heterocycles. The summed E-state index contributed by atoms with van der Waals surface area (Å²) in [5, 5.41) is 3.24. The molecule has 0 aromatic carbocycles. The maximum Gasteiger partial charge on any atom is 0.317 e. The molecule has 2 amide bonds. The second-order valence-corrected chi connectivity index (χ2v) is 7.17. The maximum atomic E-state index is 12.5. The molecule has 1 atom stereocenters. The third kappa shape index (κ3) is 4.46. The van der Waals surface area contributed by atoms with Crippen LogP contribution in [-0.2, 0) is 4.74 Å². The van der Waals surface area contributed by atoms with Crippen molar-refractivity contribution in [2.24, 2.45) is 0 Å². The Balaban J connectivity index is 1.42. The van der Waals surface area contributed by atoms with Crippen molar-refractivity contribution in [3.05, 3.63) is 12.2 Å². The molecule has 3 rings (SSSR count). The summed E-state index contributed by atoms with van der Waals surface area (Å²) in [5.74, 6) is 0. The minimum Gasteiger partial charge on any atom is -0.378 e. The van der Waals surface area contributed by atoms with Crippen LogP contribution in [0.3, 0.4) is 0 Å². The lowest BCUT2D eigenvalue weighted by Crippen LogP contribution is -2.61. The summed E-state index contributed by atoms with van der Waals surface area (Å²) in [6.45, 7) is 14.3. The summed E-state index contributed by atoms with van der Waals surface area (Å²) in [6, 6.07) is 0.791. The second kappa shape index (κ2) is 7.64. The van der Waals surface area contributed by atoms with E-state index in [1.165, 1.54) is 5.57 Å². The summed E-state index contributed by atoms with van der Waals surface area (Å²) in [7, 11) is 0. The van der Waals surface area contributed by atoms with Crippen molar-refractivity contribution in [3.63, 3.8) is 0 Å². The maximum absolute atomic E-state index is 12.5. The molecule has 130 valence electrons. The number of morpholine rings is 1. The number of piperidine rings is 1. The number of carbonyl (C=O) groups is 1. The van der Waals surface area contributed by atoms with Gasteiger partial charge in [0.2, 0.25) is 0 Å². The van der Waals surface area contributed by atoms with Gasteiger partial charge in [-0.05, 0) is 19.8 Å². The number of nitrogens with one attached hydrogen (secondary N) is 1. The quantitative estimate of drug-likeness (QED) is 0.779. The third-order valence-corrected chi connectivity index (χ3v) is 5.13. The van der Waals surface area contributed by atoms with Gasteiger partial charge < -0.3 is 15.0 Å². The molecule has 6 heteroatoms. The van der Waals surface area contributed by atoms with E-state index in [0.717, 1.165) is 71.9 Å². The first-order valence-electron chi connectivity index (χ1n) is 8.86. The number of nitrogens with zero attached hydrogens (tertiary/aromatic N) is 3. The fourth-order valence-electron chi connectivity index (χ4n) is 3.81. The number of rotatable bonds is 3. The summed E-state index contributed by atoms with van der Waals surface area (Å²) >= 11 is 0. The molecule has 3 saturated heterocycles. The number of ether oxygens (including phenoxy) is 1. The van der Waals surface area contributed by atoms with E-state index in [4.69, 9.17) is 4.74 Å². The highest BCUT2D eigenvalue weighted by Crippen LogP contribution is 2.15. The Morgan fingerprint density at radius 1 is 1.22 bits per heavy atom. The average molecular weight is 322 g/mol. The van der Waals surface area contributed by atoms with Gasteiger partial charge in [0.1, 0.15) is 0 Å². The molecule has 0 saturated carbocycles. The molecule has 6 nitrogen and oxygen atoms in total. The van der Waals surface area contributed by atoms with Crippen molar-refractivity contribution in [3.8, 4) is 0 Å². The normalized spacial score (nSPS) is 27.5. The molecular weight excluding hydrogens is 292 g/mol. The molecule has 1 unspecified atom stereocenters. The predicted octanol–water partition coefficient (Wildman–Crippen LogP) is 0.753. The van der Waals surface area contributed by atoms with Crippen molar-refractivity contribution in [2.45, 2.75) is 31.8 Å². The molecule has 0 spiro atoms. The summed E-state index contributed by atoms with van der Waals surface area (Å²) in [6.07, 6.45) is 2.07. The second-order valence-electron chi connectivity index (χ2n) is 7.17. The van der Waals surface area contributed by atoms with Gasteiger partial charge in [-0.2, -0.15) is 0 Å². The van der Waals surface area contributed by atoms with Gasteiger partial charge in [-0.25, -0.2) is 4.79 Å². The van der Waals surface area contributed by atoms with Crippen LogP contribution in [0.1, 0.15) is 19.8 Å². The van der Waals surface area contributed by atoms with Crippen LogP contribution in [0.15, 0.2) is 12.2 Å². The number of piperazine rings is 1. The Bertz CT molecular complexity index is 434. The summed E-state index contributed by atoms with van der Waals surface area (Å²) in [4.78, 5) is 19.4. The van der Waals surface area contributed by atoms with Crippen molar-refractivity contribution in [2.75, 3.05) is 59.0 Å². The topological polar surface area (TPSA) is 48.1 Å². The zero-order chi connectivity index (χ0) is 16.2. The number of fused-ring (bicyclic) bond motifs is 1. The van der Waals surface area contributed by atoms with Gasteiger partial charge in [-0.3, -0.25) is 9.80 Å². The summed E-state index contributed by atoms with van der Waals surface area (Å²) in [5.41, 5.74) is 1.21. The van der Waals surface area contributed by atoms with Gasteiger partial charge in [0.15, 0.2) is 0 Å². The monoisotopic (exact) mass is 322 g/mol. The molecule has 3 aliphatic rings. The Morgan fingerprint density at radius 3 is 2.74 bits per heavy atom. The van der Waals surface area contributed by atoms with E-state index in [2.05, 4.69) is 28.6 Å². The molecule has 0 aromatic rings. The van der Waals surface area contributed by atoms with Crippen LogP contribution in [0.4, 0.5) is 4.79 Å². The number of hydrogen-bond donors (Lipinski definition) is 1. The SMILES string of the molecule is C=C(C)CN1CCC(NC(=O)N2CCN3CCOCC3C2)CC1. The van der Waals surface area contributed by atoms with Crippen molar-refractivity contribution >= 4 is 6.03 Å². The van der Waals surface area contributed by atoms with E-state index in [0.29, 0.717) is 12.1 Å². The Labute approximate surface area is 139 Å². The molecule has 0 bridgehead atoms. The van der Waals surface area contributed by atoms with E-state index in [1.807, 2.05) is 4.90 Å². The molecule has 3 aliphatic heterocycles. The fourth-order valence-corrected chi connectivity index (χ4v) is 3.81. The minimum atomic E-state index is 0.105.